The largest absolute Gasteiger partial charge is 0.390 e. The number of carbonyl (C=O) groups excluding carboxylic acids is 1. The van der Waals surface area contributed by atoms with Gasteiger partial charge >= 0.3 is 0 Å². The molecule has 0 fully saturated rings. The van der Waals surface area contributed by atoms with Crippen LogP contribution in [0.4, 0.5) is 10.7 Å². The fraction of sp³-hybridized carbons (Fsp3) is 0.522. The summed E-state index contributed by atoms with van der Waals surface area (Å²) in [6, 6.07) is 7.92. The number of ether oxygens (including phenoxy) is 2. The van der Waals surface area contributed by atoms with Crippen LogP contribution >= 0.6 is 23.1 Å². The number of rotatable bonds is 11. The zero-order valence-electron chi connectivity index (χ0n) is 19.4. The number of nitrogen functional groups attached to an aromatic ring is 1. The van der Waals surface area contributed by atoms with Crippen molar-refractivity contribution in [2.45, 2.75) is 30.4 Å². The lowest BCUT2D eigenvalue weighted by Gasteiger charge is -2.22. The number of thiophene rings is 1. The van der Waals surface area contributed by atoms with Crippen LogP contribution in [-0.2, 0) is 19.7 Å². The van der Waals surface area contributed by atoms with Crippen molar-refractivity contribution in [1.29, 1.82) is 0 Å². The van der Waals surface area contributed by atoms with E-state index in [-0.39, 0.29) is 17.9 Å². The monoisotopic (exact) mass is 465 g/mol. The van der Waals surface area contributed by atoms with E-state index in [2.05, 4.69) is 38.4 Å². The highest BCUT2D eigenvalue weighted by molar-refractivity contribution is 8.00. The third-order valence-corrected chi connectivity index (χ3v) is 7.00. The summed E-state index contributed by atoms with van der Waals surface area (Å²) in [7, 11) is 3.31. The summed E-state index contributed by atoms with van der Waals surface area (Å²) in [6.45, 7) is 9.38. The van der Waals surface area contributed by atoms with E-state index in [0.717, 1.165) is 21.8 Å². The van der Waals surface area contributed by atoms with Crippen LogP contribution in [0.1, 0.15) is 26.3 Å². The second-order valence-electron chi connectivity index (χ2n) is 8.35. The van der Waals surface area contributed by atoms with Gasteiger partial charge in [-0.15, -0.1) is 23.1 Å². The maximum atomic E-state index is 12.7. The summed E-state index contributed by atoms with van der Waals surface area (Å²) in [5, 5.41) is 3.84. The Hall–Kier alpha value is -1.58. The molecule has 0 radical (unpaired) electrons. The summed E-state index contributed by atoms with van der Waals surface area (Å²) in [5.41, 5.74) is 10.5. The number of methoxy groups -OCH3 is 2. The molecule has 2 aromatic rings. The first kappa shape index (κ1) is 25.7. The molecule has 0 spiro atoms. The van der Waals surface area contributed by atoms with Crippen molar-refractivity contribution in [2.75, 3.05) is 64.4 Å². The van der Waals surface area contributed by atoms with Gasteiger partial charge in [-0.2, -0.15) is 0 Å². The molecule has 0 bridgehead atoms. The van der Waals surface area contributed by atoms with Crippen LogP contribution in [0.2, 0.25) is 0 Å². The van der Waals surface area contributed by atoms with Crippen molar-refractivity contribution < 1.29 is 14.3 Å². The second-order valence-corrected chi connectivity index (χ2v) is 10.5. The molecule has 0 atom stereocenters. The van der Waals surface area contributed by atoms with Crippen LogP contribution in [0, 0.1) is 0 Å². The first-order chi connectivity index (χ1) is 14.7. The highest BCUT2D eigenvalue weighted by atomic mass is 32.2. The molecular weight excluding hydrogens is 430 g/mol. The molecule has 172 valence electrons. The van der Waals surface area contributed by atoms with Crippen molar-refractivity contribution >= 4 is 39.7 Å². The van der Waals surface area contributed by atoms with Crippen molar-refractivity contribution in [1.82, 2.24) is 4.90 Å². The quantitative estimate of drug-likeness (QED) is 0.474. The average Bonchev–Trinajstić information content (AvgIpc) is 3.07. The maximum absolute atomic E-state index is 12.7. The summed E-state index contributed by atoms with van der Waals surface area (Å²) in [4.78, 5) is 14.7. The number of thioether (sulfide) groups is 1. The van der Waals surface area contributed by atoms with Crippen molar-refractivity contribution in [2.24, 2.45) is 0 Å². The SMILES string of the molecule is COCCN(CCOC)CC(=O)Nc1cccc(-c2c(N)sc(SC)c2C(C)(C)C)c1. The van der Waals surface area contributed by atoms with Crippen LogP contribution in [0.3, 0.4) is 0 Å². The maximum Gasteiger partial charge on any atom is 0.238 e. The second kappa shape index (κ2) is 11.9. The van der Waals surface area contributed by atoms with Gasteiger partial charge in [0.25, 0.3) is 0 Å². The summed E-state index contributed by atoms with van der Waals surface area (Å²) in [5.74, 6) is -0.0662. The molecule has 31 heavy (non-hydrogen) atoms. The van der Waals surface area contributed by atoms with Gasteiger partial charge in [-0.1, -0.05) is 32.9 Å². The molecule has 2 rings (SSSR count). The highest BCUT2D eigenvalue weighted by Gasteiger charge is 2.27. The molecule has 0 aliphatic heterocycles. The fourth-order valence-corrected chi connectivity index (χ4v) is 5.65. The number of hydrogen-bond donors (Lipinski definition) is 2. The Kier molecular flexibility index (Phi) is 9.84. The molecule has 1 heterocycles. The molecule has 1 amide bonds. The van der Waals surface area contributed by atoms with Gasteiger partial charge in [0.05, 0.1) is 29.0 Å². The molecule has 6 nitrogen and oxygen atoms in total. The fourth-order valence-electron chi connectivity index (χ4n) is 3.41. The van der Waals surface area contributed by atoms with Gasteiger partial charge in [-0.3, -0.25) is 9.69 Å². The number of benzene rings is 1. The van der Waals surface area contributed by atoms with E-state index in [9.17, 15) is 4.79 Å². The van der Waals surface area contributed by atoms with Crippen molar-refractivity contribution in [3.05, 3.63) is 29.8 Å². The standard InChI is InChI=1S/C23H35N3O3S2/c1-23(2,3)20-19(21(24)31-22(20)30-6)16-8-7-9-17(14-16)25-18(27)15-26(10-12-28-4)11-13-29-5/h7-9,14H,10-13,15,24H2,1-6H3,(H,25,27). The number of hydrogen-bond acceptors (Lipinski definition) is 7. The number of nitrogens with zero attached hydrogens (tertiary/aromatic N) is 1. The molecule has 0 unspecified atom stereocenters. The summed E-state index contributed by atoms with van der Waals surface area (Å²) in [6.07, 6.45) is 2.08. The number of nitrogens with two attached hydrogens (primary N) is 1. The average molecular weight is 466 g/mol. The Morgan fingerprint density at radius 2 is 1.84 bits per heavy atom. The van der Waals surface area contributed by atoms with E-state index in [1.54, 1.807) is 37.3 Å². The van der Waals surface area contributed by atoms with Gasteiger partial charge in [0.1, 0.15) is 0 Å². The lowest BCUT2D eigenvalue weighted by Crippen LogP contribution is -2.37. The number of nitrogens with one attached hydrogen (secondary N) is 1. The minimum absolute atomic E-state index is 0.0375. The Balaban J connectivity index is 2.23. The molecule has 0 saturated heterocycles. The molecule has 0 aliphatic carbocycles. The summed E-state index contributed by atoms with van der Waals surface area (Å²) >= 11 is 3.36. The molecular formula is C23H35N3O3S2. The minimum atomic E-state index is -0.0662. The van der Waals surface area contributed by atoms with E-state index in [1.165, 1.54) is 9.77 Å². The van der Waals surface area contributed by atoms with E-state index in [4.69, 9.17) is 15.2 Å². The number of amides is 1. The molecule has 1 aromatic carbocycles. The lowest BCUT2D eigenvalue weighted by atomic mass is 9.84. The Labute approximate surface area is 194 Å². The van der Waals surface area contributed by atoms with Gasteiger partial charge in [0.2, 0.25) is 5.91 Å². The zero-order chi connectivity index (χ0) is 23.0. The number of carbonyl (C=O) groups is 1. The highest BCUT2D eigenvalue weighted by Crippen LogP contribution is 2.48. The Bertz CT molecular complexity index is 854. The third-order valence-electron chi connectivity index (χ3n) is 4.86. The van der Waals surface area contributed by atoms with Crippen LogP contribution < -0.4 is 11.1 Å². The first-order valence-corrected chi connectivity index (χ1v) is 12.3. The molecule has 0 saturated carbocycles. The van der Waals surface area contributed by atoms with Crippen LogP contribution in [0.15, 0.2) is 28.5 Å². The number of anilines is 2. The van der Waals surface area contributed by atoms with Crippen molar-refractivity contribution in [3.8, 4) is 11.1 Å². The Morgan fingerprint density at radius 3 is 2.39 bits per heavy atom. The van der Waals surface area contributed by atoms with E-state index in [1.807, 2.05) is 23.1 Å². The topological polar surface area (TPSA) is 76.8 Å². The van der Waals surface area contributed by atoms with Gasteiger partial charge in [-0.25, -0.2) is 0 Å². The van der Waals surface area contributed by atoms with E-state index >= 15 is 0 Å². The van der Waals surface area contributed by atoms with E-state index < -0.39 is 0 Å². The van der Waals surface area contributed by atoms with Gasteiger partial charge in [0, 0.05) is 38.6 Å². The third kappa shape index (κ3) is 7.22. The van der Waals surface area contributed by atoms with Gasteiger partial charge in [0.15, 0.2) is 0 Å². The zero-order valence-corrected chi connectivity index (χ0v) is 21.0. The van der Waals surface area contributed by atoms with Crippen LogP contribution in [0.25, 0.3) is 11.1 Å². The molecule has 1 aromatic heterocycles. The molecule has 0 aliphatic rings. The lowest BCUT2D eigenvalue weighted by molar-refractivity contribution is -0.117. The molecule has 8 heteroatoms. The van der Waals surface area contributed by atoms with Crippen LogP contribution in [-0.4, -0.2) is 64.1 Å². The smallest absolute Gasteiger partial charge is 0.238 e. The molecule has 3 N–H and O–H groups in total. The minimum Gasteiger partial charge on any atom is -0.390 e. The predicted molar refractivity (Wildman–Crippen MR) is 133 cm³/mol. The first-order valence-electron chi connectivity index (χ1n) is 10.3. The van der Waals surface area contributed by atoms with Gasteiger partial charge in [-0.05, 0) is 34.9 Å². The Morgan fingerprint density at radius 1 is 1.19 bits per heavy atom. The van der Waals surface area contributed by atoms with E-state index in [0.29, 0.717) is 26.3 Å². The normalized spacial score (nSPS) is 11.8. The van der Waals surface area contributed by atoms with Crippen LogP contribution in [0.5, 0.6) is 0 Å². The van der Waals surface area contributed by atoms with Gasteiger partial charge < -0.3 is 20.5 Å². The summed E-state index contributed by atoms with van der Waals surface area (Å²) < 4.78 is 11.5. The van der Waals surface area contributed by atoms with Crippen molar-refractivity contribution in [3.63, 3.8) is 0 Å². The predicted octanol–water partition coefficient (Wildman–Crippen LogP) is 4.55.